The van der Waals surface area contributed by atoms with E-state index in [1.807, 2.05) is 25.1 Å². The van der Waals surface area contributed by atoms with Crippen molar-refractivity contribution in [2.75, 3.05) is 18.4 Å². The van der Waals surface area contributed by atoms with Crippen LogP contribution in [-0.4, -0.2) is 24.0 Å². The zero-order valence-electron chi connectivity index (χ0n) is 14.7. The van der Waals surface area contributed by atoms with Crippen LogP contribution in [0.5, 0.6) is 0 Å². The van der Waals surface area contributed by atoms with Crippen LogP contribution in [0.2, 0.25) is 0 Å². The fourth-order valence-electron chi connectivity index (χ4n) is 3.32. The number of amides is 1. The van der Waals surface area contributed by atoms with Gasteiger partial charge in [-0.25, -0.2) is 4.98 Å². The quantitative estimate of drug-likeness (QED) is 0.841. The second-order valence-corrected chi connectivity index (χ2v) is 6.70. The van der Waals surface area contributed by atoms with Crippen LogP contribution in [0, 0.1) is 18.8 Å². The maximum Gasteiger partial charge on any atom is 0.226 e. The molecule has 0 bridgehead atoms. The van der Waals surface area contributed by atoms with Crippen molar-refractivity contribution in [1.29, 1.82) is 0 Å². The molecule has 5 nitrogen and oxygen atoms in total. The number of benzene rings is 1. The minimum absolute atomic E-state index is 0. The number of hydrogen-bond donors (Lipinski definition) is 2. The van der Waals surface area contributed by atoms with Crippen LogP contribution >= 0.6 is 12.4 Å². The molecule has 2 atom stereocenters. The molecule has 136 valence electrons. The summed E-state index contributed by atoms with van der Waals surface area (Å²) in [6.45, 7) is 6.30. The Morgan fingerprint density at radius 3 is 3.00 bits per heavy atom. The Hall–Kier alpha value is -1.85. The van der Waals surface area contributed by atoms with Gasteiger partial charge < -0.3 is 15.1 Å². The Kier molecular flexibility index (Phi) is 7.02. The van der Waals surface area contributed by atoms with Gasteiger partial charge in [0.05, 0.1) is 6.20 Å². The minimum atomic E-state index is 0. The van der Waals surface area contributed by atoms with Gasteiger partial charge >= 0.3 is 0 Å². The standard InChI is InChI=1S/C19H25N3O2.ClH/c1-13-5-6-16(11-17(13)19-21-8-9-24-19)22-18(23)10-14(2)15-4-3-7-20-12-15;/h5-6,8-9,11,14-15,20H,3-4,7,10,12H2,1-2H3,(H,22,23);1H. The molecule has 1 aliphatic heterocycles. The minimum Gasteiger partial charge on any atom is -0.445 e. The summed E-state index contributed by atoms with van der Waals surface area (Å²) in [6.07, 6.45) is 6.14. The van der Waals surface area contributed by atoms with Crippen LogP contribution < -0.4 is 10.6 Å². The van der Waals surface area contributed by atoms with Crippen LogP contribution in [0.15, 0.2) is 35.1 Å². The first-order valence-electron chi connectivity index (χ1n) is 8.64. The number of nitrogens with one attached hydrogen (secondary N) is 2. The highest BCUT2D eigenvalue weighted by Gasteiger charge is 2.22. The van der Waals surface area contributed by atoms with Crippen LogP contribution in [0.25, 0.3) is 11.5 Å². The summed E-state index contributed by atoms with van der Waals surface area (Å²) in [7, 11) is 0. The molecule has 1 aliphatic rings. The van der Waals surface area contributed by atoms with E-state index in [1.165, 1.54) is 12.8 Å². The van der Waals surface area contributed by atoms with Crippen LogP contribution in [0.3, 0.4) is 0 Å². The van der Waals surface area contributed by atoms with Gasteiger partial charge in [0.1, 0.15) is 6.26 Å². The largest absolute Gasteiger partial charge is 0.445 e. The third kappa shape index (κ3) is 5.06. The number of anilines is 1. The Bertz CT molecular complexity index is 682. The lowest BCUT2D eigenvalue weighted by atomic mass is 9.85. The van der Waals surface area contributed by atoms with Crippen molar-refractivity contribution in [1.82, 2.24) is 10.3 Å². The van der Waals surface area contributed by atoms with Crippen molar-refractivity contribution in [3.8, 4) is 11.5 Å². The maximum absolute atomic E-state index is 12.4. The Labute approximate surface area is 155 Å². The van der Waals surface area contributed by atoms with E-state index in [0.29, 0.717) is 24.1 Å². The van der Waals surface area contributed by atoms with E-state index >= 15 is 0 Å². The summed E-state index contributed by atoms with van der Waals surface area (Å²) in [5, 5.41) is 6.43. The Morgan fingerprint density at radius 1 is 1.48 bits per heavy atom. The van der Waals surface area contributed by atoms with Gasteiger partial charge in [0.2, 0.25) is 11.8 Å². The van der Waals surface area contributed by atoms with Gasteiger partial charge in [-0.1, -0.05) is 13.0 Å². The second-order valence-electron chi connectivity index (χ2n) is 6.70. The molecule has 6 heteroatoms. The molecule has 0 radical (unpaired) electrons. The maximum atomic E-state index is 12.4. The molecular formula is C19H26ClN3O2. The van der Waals surface area contributed by atoms with E-state index in [0.717, 1.165) is 29.9 Å². The molecule has 0 aliphatic carbocycles. The highest BCUT2D eigenvalue weighted by Crippen LogP contribution is 2.26. The average molecular weight is 364 g/mol. The number of nitrogens with zero attached hydrogens (tertiary/aromatic N) is 1. The molecule has 2 heterocycles. The van der Waals surface area contributed by atoms with Crippen molar-refractivity contribution in [3.05, 3.63) is 36.2 Å². The van der Waals surface area contributed by atoms with Crippen LogP contribution in [0.1, 0.15) is 31.7 Å². The molecule has 2 unspecified atom stereocenters. The average Bonchev–Trinajstić information content (AvgIpc) is 3.11. The predicted octanol–water partition coefficient (Wildman–Crippen LogP) is 4.04. The third-order valence-corrected chi connectivity index (χ3v) is 4.83. The first kappa shape index (κ1) is 19.5. The smallest absolute Gasteiger partial charge is 0.226 e. The van der Waals surface area contributed by atoms with E-state index in [9.17, 15) is 4.79 Å². The molecule has 2 N–H and O–H groups in total. The Morgan fingerprint density at radius 2 is 2.32 bits per heavy atom. The number of carbonyl (C=O) groups is 1. The zero-order valence-corrected chi connectivity index (χ0v) is 15.6. The lowest BCUT2D eigenvalue weighted by Gasteiger charge is -2.28. The first-order chi connectivity index (χ1) is 11.6. The van der Waals surface area contributed by atoms with E-state index in [1.54, 1.807) is 12.5 Å². The normalized spacial score (nSPS) is 18.2. The third-order valence-electron chi connectivity index (χ3n) is 4.83. The molecular weight excluding hydrogens is 338 g/mol. The lowest BCUT2D eigenvalue weighted by molar-refractivity contribution is -0.117. The molecule has 1 fully saturated rings. The van der Waals surface area contributed by atoms with E-state index in [2.05, 4.69) is 22.5 Å². The van der Waals surface area contributed by atoms with Gasteiger partial charge in [-0.05, 0) is 62.4 Å². The fraction of sp³-hybridized carbons (Fsp3) is 0.474. The summed E-state index contributed by atoms with van der Waals surface area (Å²) < 4.78 is 5.37. The van der Waals surface area contributed by atoms with E-state index in [-0.39, 0.29) is 18.3 Å². The Balaban J connectivity index is 0.00000225. The topological polar surface area (TPSA) is 67.2 Å². The lowest BCUT2D eigenvalue weighted by Crippen LogP contribution is -2.34. The van der Waals surface area contributed by atoms with Gasteiger partial charge in [0.15, 0.2) is 0 Å². The molecule has 1 amide bonds. The van der Waals surface area contributed by atoms with Crippen molar-refractivity contribution in [2.45, 2.75) is 33.1 Å². The van der Waals surface area contributed by atoms with Crippen molar-refractivity contribution in [2.24, 2.45) is 11.8 Å². The summed E-state index contributed by atoms with van der Waals surface area (Å²) in [5.41, 5.74) is 2.76. The number of rotatable bonds is 5. The van der Waals surface area contributed by atoms with Crippen molar-refractivity contribution >= 4 is 24.0 Å². The van der Waals surface area contributed by atoms with Gasteiger partial charge in [0, 0.05) is 17.7 Å². The number of halogens is 1. The molecule has 1 saturated heterocycles. The summed E-state index contributed by atoms with van der Waals surface area (Å²) >= 11 is 0. The molecule has 0 spiro atoms. The summed E-state index contributed by atoms with van der Waals surface area (Å²) in [5.74, 6) is 1.61. The SMILES string of the molecule is Cc1ccc(NC(=O)CC(C)C2CCCNC2)cc1-c1ncco1.Cl. The highest BCUT2D eigenvalue weighted by atomic mass is 35.5. The molecule has 1 aromatic heterocycles. The number of carbonyl (C=O) groups excluding carboxylic acids is 1. The van der Waals surface area contributed by atoms with Crippen LogP contribution in [0.4, 0.5) is 5.69 Å². The highest BCUT2D eigenvalue weighted by molar-refractivity contribution is 5.91. The number of piperidine rings is 1. The summed E-state index contributed by atoms with van der Waals surface area (Å²) in [4.78, 5) is 16.6. The molecule has 3 rings (SSSR count). The number of oxazole rings is 1. The van der Waals surface area contributed by atoms with Crippen LogP contribution in [-0.2, 0) is 4.79 Å². The van der Waals surface area contributed by atoms with Gasteiger partial charge in [-0.15, -0.1) is 12.4 Å². The van der Waals surface area contributed by atoms with Gasteiger partial charge in [-0.2, -0.15) is 0 Å². The van der Waals surface area contributed by atoms with Crippen molar-refractivity contribution < 1.29 is 9.21 Å². The number of aromatic nitrogens is 1. The van der Waals surface area contributed by atoms with Gasteiger partial charge in [-0.3, -0.25) is 4.79 Å². The monoisotopic (exact) mass is 363 g/mol. The second kappa shape index (κ2) is 9.02. The summed E-state index contributed by atoms with van der Waals surface area (Å²) in [6, 6.07) is 5.82. The fourth-order valence-corrected chi connectivity index (χ4v) is 3.32. The van der Waals surface area contributed by atoms with Crippen molar-refractivity contribution in [3.63, 3.8) is 0 Å². The molecule has 1 aromatic carbocycles. The molecule has 25 heavy (non-hydrogen) atoms. The molecule has 0 saturated carbocycles. The number of aryl methyl sites for hydroxylation is 1. The van der Waals surface area contributed by atoms with E-state index in [4.69, 9.17) is 4.42 Å². The zero-order chi connectivity index (χ0) is 16.9. The number of hydrogen-bond acceptors (Lipinski definition) is 4. The van der Waals surface area contributed by atoms with E-state index < -0.39 is 0 Å². The first-order valence-corrected chi connectivity index (χ1v) is 8.64. The molecule has 2 aromatic rings. The van der Waals surface area contributed by atoms with Gasteiger partial charge in [0.25, 0.3) is 0 Å². The predicted molar refractivity (Wildman–Crippen MR) is 102 cm³/mol.